The summed E-state index contributed by atoms with van der Waals surface area (Å²) in [6.07, 6.45) is 1.76. The van der Waals surface area contributed by atoms with Gasteiger partial charge >= 0.3 is 0 Å². The zero-order valence-corrected chi connectivity index (χ0v) is 12.7. The molecule has 0 fully saturated rings. The zero-order chi connectivity index (χ0) is 15.1. The van der Waals surface area contributed by atoms with E-state index in [1.165, 1.54) is 0 Å². The van der Waals surface area contributed by atoms with E-state index in [1.807, 2.05) is 25.2 Å². The van der Waals surface area contributed by atoms with Crippen molar-refractivity contribution in [3.05, 3.63) is 35.5 Å². The van der Waals surface area contributed by atoms with Crippen molar-refractivity contribution in [2.75, 3.05) is 14.2 Å². The number of hydrogen-bond donors (Lipinski definition) is 1. The van der Waals surface area contributed by atoms with Gasteiger partial charge in [-0.3, -0.25) is 0 Å². The van der Waals surface area contributed by atoms with Crippen molar-refractivity contribution in [2.45, 2.75) is 32.9 Å². The Hall–Kier alpha value is -2.08. The molecule has 0 radical (unpaired) electrons. The van der Waals surface area contributed by atoms with Gasteiger partial charge in [0.1, 0.15) is 0 Å². The first-order valence-electron chi connectivity index (χ1n) is 7.02. The molecule has 0 aliphatic heterocycles. The minimum absolute atomic E-state index is 0.257. The van der Waals surface area contributed by atoms with E-state index in [4.69, 9.17) is 14.0 Å². The first-order valence-corrected chi connectivity index (χ1v) is 7.02. The molecular weight excluding hydrogens is 270 g/mol. The van der Waals surface area contributed by atoms with Crippen LogP contribution in [0.25, 0.3) is 0 Å². The van der Waals surface area contributed by atoms with Crippen LogP contribution in [0.1, 0.15) is 30.6 Å². The van der Waals surface area contributed by atoms with E-state index in [9.17, 15) is 0 Å². The smallest absolute Gasteiger partial charge is 0.226 e. The number of ether oxygens (including phenoxy) is 2. The number of benzene rings is 1. The fourth-order valence-electron chi connectivity index (χ4n) is 1.95. The second kappa shape index (κ2) is 7.64. The van der Waals surface area contributed by atoms with Crippen LogP contribution in [0.15, 0.2) is 22.7 Å². The predicted octanol–water partition coefficient (Wildman–Crippen LogP) is 2.33. The summed E-state index contributed by atoms with van der Waals surface area (Å²) in [6.45, 7) is 3.09. The molecule has 1 heterocycles. The van der Waals surface area contributed by atoms with Crippen molar-refractivity contribution in [3.8, 4) is 11.5 Å². The maximum atomic E-state index is 5.75. The molecule has 0 amide bonds. The second-order valence-electron chi connectivity index (χ2n) is 4.66. The molecule has 0 aliphatic carbocycles. The highest BCUT2D eigenvalue weighted by Crippen LogP contribution is 2.28. The van der Waals surface area contributed by atoms with Gasteiger partial charge < -0.3 is 19.3 Å². The summed E-state index contributed by atoms with van der Waals surface area (Å²) in [5.74, 6) is 2.55. The lowest BCUT2D eigenvalue weighted by Gasteiger charge is -2.11. The Morgan fingerprint density at radius 2 is 2.14 bits per heavy atom. The van der Waals surface area contributed by atoms with E-state index in [2.05, 4.69) is 22.4 Å². The second-order valence-corrected chi connectivity index (χ2v) is 4.66. The average molecular weight is 291 g/mol. The third kappa shape index (κ3) is 4.19. The highest BCUT2D eigenvalue weighted by molar-refractivity contribution is 5.42. The molecule has 1 aromatic carbocycles. The number of aromatic nitrogens is 2. The molecule has 0 spiro atoms. The Kier molecular flexibility index (Phi) is 5.57. The molecule has 0 saturated carbocycles. The number of hydrogen-bond acceptors (Lipinski definition) is 6. The van der Waals surface area contributed by atoms with Gasteiger partial charge in [0.15, 0.2) is 18.1 Å². The maximum absolute atomic E-state index is 5.75. The Morgan fingerprint density at radius 3 is 2.86 bits per heavy atom. The van der Waals surface area contributed by atoms with Gasteiger partial charge in [0.05, 0.1) is 7.11 Å². The van der Waals surface area contributed by atoms with Crippen molar-refractivity contribution in [3.63, 3.8) is 0 Å². The van der Waals surface area contributed by atoms with Crippen molar-refractivity contribution >= 4 is 0 Å². The van der Waals surface area contributed by atoms with Gasteiger partial charge in [-0.1, -0.05) is 18.1 Å². The predicted molar refractivity (Wildman–Crippen MR) is 78.4 cm³/mol. The van der Waals surface area contributed by atoms with Crippen LogP contribution in [0.2, 0.25) is 0 Å². The summed E-state index contributed by atoms with van der Waals surface area (Å²) in [5, 5.41) is 7.00. The normalized spacial score (nSPS) is 10.6. The van der Waals surface area contributed by atoms with E-state index in [-0.39, 0.29) is 6.61 Å². The van der Waals surface area contributed by atoms with Gasteiger partial charge in [-0.05, 0) is 31.2 Å². The highest BCUT2D eigenvalue weighted by atomic mass is 16.5. The summed E-state index contributed by atoms with van der Waals surface area (Å²) in [6, 6.07) is 5.83. The summed E-state index contributed by atoms with van der Waals surface area (Å²) >= 11 is 0. The van der Waals surface area contributed by atoms with Crippen LogP contribution in [0.4, 0.5) is 0 Å². The number of rotatable bonds is 8. The lowest BCUT2D eigenvalue weighted by atomic mass is 10.2. The van der Waals surface area contributed by atoms with Crippen LogP contribution in [0.5, 0.6) is 11.5 Å². The van der Waals surface area contributed by atoms with Crippen LogP contribution in [-0.2, 0) is 19.6 Å². The lowest BCUT2D eigenvalue weighted by Crippen LogP contribution is -2.06. The van der Waals surface area contributed by atoms with Gasteiger partial charge in [0.25, 0.3) is 0 Å². The highest BCUT2D eigenvalue weighted by Gasteiger charge is 2.09. The summed E-state index contributed by atoms with van der Waals surface area (Å²) < 4.78 is 16.2. The van der Waals surface area contributed by atoms with Crippen molar-refractivity contribution < 1.29 is 14.0 Å². The van der Waals surface area contributed by atoms with E-state index >= 15 is 0 Å². The molecule has 2 aromatic rings. The van der Waals surface area contributed by atoms with Gasteiger partial charge in [-0.25, -0.2) is 0 Å². The van der Waals surface area contributed by atoms with Gasteiger partial charge in [-0.15, -0.1) is 0 Å². The Bertz CT molecular complexity index is 569. The zero-order valence-electron chi connectivity index (χ0n) is 12.7. The van der Waals surface area contributed by atoms with Crippen molar-refractivity contribution in [2.24, 2.45) is 0 Å². The molecule has 0 aliphatic rings. The molecular formula is C15H21N3O3. The third-order valence-electron chi connectivity index (χ3n) is 2.94. The number of aryl methyl sites for hydroxylation is 1. The van der Waals surface area contributed by atoms with E-state index in [1.54, 1.807) is 7.11 Å². The molecule has 114 valence electrons. The standard InChI is InChI=1S/C15H21N3O3/c1-4-5-15-17-14(18-21-15)10-20-13-8-11(9-16-2)6-7-12(13)19-3/h6-8,16H,4-5,9-10H2,1-3H3. The fourth-order valence-corrected chi connectivity index (χ4v) is 1.95. The average Bonchev–Trinajstić information content (AvgIpc) is 2.94. The molecule has 1 N–H and O–H groups in total. The molecule has 6 nitrogen and oxygen atoms in total. The topological polar surface area (TPSA) is 69.4 Å². The van der Waals surface area contributed by atoms with Crippen LogP contribution < -0.4 is 14.8 Å². The third-order valence-corrected chi connectivity index (χ3v) is 2.94. The first kappa shape index (κ1) is 15.3. The van der Waals surface area contributed by atoms with Gasteiger partial charge in [0, 0.05) is 13.0 Å². The van der Waals surface area contributed by atoms with E-state index in [0.717, 1.165) is 24.9 Å². The van der Waals surface area contributed by atoms with Gasteiger partial charge in [0.2, 0.25) is 11.7 Å². The number of nitrogens with zero attached hydrogens (tertiary/aromatic N) is 2. The minimum atomic E-state index is 0.257. The summed E-state index contributed by atoms with van der Waals surface area (Å²) in [7, 11) is 3.52. The van der Waals surface area contributed by atoms with Crippen molar-refractivity contribution in [1.82, 2.24) is 15.5 Å². The van der Waals surface area contributed by atoms with E-state index < -0.39 is 0 Å². The summed E-state index contributed by atoms with van der Waals surface area (Å²) in [5.41, 5.74) is 1.12. The molecule has 6 heteroatoms. The van der Waals surface area contributed by atoms with Crippen LogP contribution in [0, 0.1) is 0 Å². The monoisotopic (exact) mass is 291 g/mol. The first-order chi connectivity index (χ1) is 10.3. The lowest BCUT2D eigenvalue weighted by molar-refractivity contribution is 0.268. The number of methoxy groups -OCH3 is 1. The molecule has 2 rings (SSSR count). The molecule has 0 unspecified atom stereocenters. The number of nitrogens with one attached hydrogen (secondary N) is 1. The fraction of sp³-hybridized carbons (Fsp3) is 0.467. The van der Waals surface area contributed by atoms with E-state index in [0.29, 0.717) is 23.2 Å². The largest absolute Gasteiger partial charge is 0.493 e. The molecule has 0 bridgehead atoms. The minimum Gasteiger partial charge on any atom is -0.493 e. The molecule has 1 aromatic heterocycles. The van der Waals surface area contributed by atoms with Crippen molar-refractivity contribution in [1.29, 1.82) is 0 Å². The van der Waals surface area contributed by atoms with Crippen LogP contribution in [-0.4, -0.2) is 24.3 Å². The summed E-state index contributed by atoms with van der Waals surface area (Å²) in [4.78, 5) is 4.27. The van der Waals surface area contributed by atoms with Gasteiger partial charge in [-0.2, -0.15) is 4.98 Å². The molecule has 0 atom stereocenters. The Morgan fingerprint density at radius 1 is 1.29 bits per heavy atom. The molecule has 21 heavy (non-hydrogen) atoms. The SMILES string of the molecule is CCCc1nc(COc2cc(CNC)ccc2OC)no1. The van der Waals surface area contributed by atoms with Crippen LogP contribution >= 0.6 is 0 Å². The maximum Gasteiger partial charge on any atom is 0.226 e. The Labute approximate surface area is 124 Å². The quantitative estimate of drug-likeness (QED) is 0.805. The molecule has 0 saturated heterocycles. The van der Waals surface area contributed by atoms with Crippen LogP contribution in [0.3, 0.4) is 0 Å². The Balaban J connectivity index is 2.04.